The van der Waals surface area contributed by atoms with Gasteiger partial charge in [0.15, 0.2) is 0 Å². The summed E-state index contributed by atoms with van der Waals surface area (Å²) in [6, 6.07) is 1.46. The Morgan fingerprint density at radius 3 is 2.67 bits per heavy atom. The summed E-state index contributed by atoms with van der Waals surface area (Å²) in [6.45, 7) is 1.91. The fourth-order valence-corrected chi connectivity index (χ4v) is 5.86. The summed E-state index contributed by atoms with van der Waals surface area (Å²) in [5.74, 6) is 0.940. The number of nitrogens with zero attached hydrogens (tertiary/aromatic N) is 1. The first kappa shape index (κ1) is 16.8. The Morgan fingerprint density at radius 2 is 2.22 bits per heavy atom. The molecule has 1 unspecified atom stereocenters. The Hall–Kier alpha value is 0.730. The topological polar surface area (TPSA) is 37.4 Å². The second kappa shape index (κ2) is 6.95. The van der Waals surface area contributed by atoms with E-state index in [2.05, 4.69) is 15.9 Å². The van der Waals surface area contributed by atoms with Crippen molar-refractivity contribution in [2.75, 3.05) is 19.1 Å². The second-order valence-corrected chi connectivity index (χ2v) is 9.83. The fourth-order valence-electron chi connectivity index (χ4n) is 1.30. The molecule has 0 fully saturated rings. The van der Waals surface area contributed by atoms with Crippen molar-refractivity contribution in [3.63, 3.8) is 0 Å². The van der Waals surface area contributed by atoms with E-state index in [1.54, 1.807) is 18.8 Å². The van der Waals surface area contributed by atoms with Gasteiger partial charge in [0.05, 0.1) is 8.81 Å². The van der Waals surface area contributed by atoms with Crippen LogP contribution in [0.3, 0.4) is 0 Å². The third-order valence-corrected chi connectivity index (χ3v) is 8.16. The molecule has 1 atom stereocenters. The van der Waals surface area contributed by atoms with Gasteiger partial charge >= 0.3 is 0 Å². The molecule has 0 spiro atoms. The number of thiophene rings is 1. The van der Waals surface area contributed by atoms with Gasteiger partial charge in [-0.1, -0.05) is 11.6 Å². The van der Waals surface area contributed by atoms with Crippen molar-refractivity contribution >= 4 is 60.7 Å². The largest absolute Gasteiger partial charge is 0.252 e. The van der Waals surface area contributed by atoms with Crippen molar-refractivity contribution in [3.05, 3.63) is 14.9 Å². The standard InChI is InChI=1S/C10H15BrClNO2S3/c1-7(4-5-16-3)13(2)18(14,15)9-6-8(12)10(11)17-9/h6-7H,4-5H2,1-3H3. The summed E-state index contributed by atoms with van der Waals surface area (Å²) in [6.07, 6.45) is 2.84. The zero-order valence-electron chi connectivity index (χ0n) is 10.3. The van der Waals surface area contributed by atoms with Crippen LogP contribution in [0.2, 0.25) is 5.02 Å². The highest BCUT2D eigenvalue weighted by Gasteiger charge is 2.27. The lowest BCUT2D eigenvalue weighted by Crippen LogP contribution is -2.35. The van der Waals surface area contributed by atoms with E-state index in [0.29, 0.717) is 8.81 Å². The van der Waals surface area contributed by atoms with Gasteiger partial charge in [0, 0.05) is 13.1 Å². The van der Waals surface area contributed by atoms with Gasteiger partial charge in [-0.3, -0.25) is 0 Å². The zero-order chi connectivity index (χ0) is 13.9. The van der Waals surface area contributed by atoms with Gasteiger partial charge < -0.3 is 0 Å². The Kier molecular flexibility index (Phi) is 6.48. The summed E-state index contributed by atoms with van der Waals surface area (Å²) in [5, 5.41) is 0.434. The molecule has 0 saturated heterocycles. The van der Waals surface area contributed by atoms with Crippen LogP contribution in [0.1, 0.15) is 13.3 Å². The summed E-state index contributed by atoms with van der Waals surface area (Å²) in [4.78, 5) is 0. The van der Waals surface area contributed by atoms with Crippen molar-refractivity contribution in [2.45, 2.75) is 23.6 Å². The van der Waals surface area contributed by atoms with Gasteiger partial charge in [0.2, 0.25) is 0 Å². The van der Waals surface area contributed by atoms with Crippen LogP contribution in [-0.2, 0) is 10.0 Å². The van der Waals surface area contributed by atoms with Crippen LogP contribution in [-0.4, -0.2) is 37.8 Å². The molecule has 18 heavy (non-hydrogen) atoms. The minimum absolute atomic E-state index is 0.0258. The van der Waals surface area contributed by atoms with Crippen LogP contribution in [0.25, 0.3) is 0 Å². The van der Waals surface area contributed by atoms with E-state index in [9.17, 15) is 8.42 Å². The molecule has 0 bridgehead atoms. The minimum atomic E-state index is -3.44. The molecule has 8 heteroatoms. The molecule has 0 N–H and O–H groups in total. The molecule has 0 aliphatic heterocycles. The maximum atomic E-state index is 12.4. The van der Waals surface area contributed by atoms with Crippen molar-refractivity contribution in [1.29, 1.82) is 0 Å². The van der Waals surface area contributed by atoms with Gasteiger partial charge in [-0.15, -0.1) is 11.3 Å². The Bertz CT molecular complexity index is 484. The third kappa shape index (κ3) is 3.86. The number of rotatable bonds is 6. The summed E-state index contributed by atoms with van der Waals surface area (Å²) < 4.78 is 27.0. The number of sulfonamides is 1. The molecular formula is C10H15BrClNO2S3. The van der Waals surface area contributed by atoms with Crippen LogP contribution in [0.5, 0.6) is 0 Å². The van der Waals surface area contributed by atoms with Crippen molar-refractivity contribution in [3.8, 4) is 0 Å². The normalized spacial score (nSPS) is 14.1. The Labute approximate surface area is 130 Å². The molecule has 1 heterocycles. The van der Waals surface area contributed by atoms with Gasteiger partial charge in [0.25, 0.3) is 10.0 Å². The molecule has 1 aromatic heterocycles. The van der Waals surface area contributed by atoms with E-state index >= 15 is 0 Å². The maximum Gasteiger partial charge on any atom is 0.252 e. The highest BCUT2D eigenvalue weighted by molar-refractivity contribution is 9.11. The first-order chi connectivity index (χ1) is 8.30. The molecule has 1 aromatic rings. The Morgan fingerprint density at radius 1 is 1.61 bits per heavy atom. The number of halogens is 2. The molecule has 0 aromatic carbocycles. The fraction of sp³-hybridized carbons (Fsp3) is 0.600. The van der Waals surface area contributed by atoms with Crippen molar-refractivity contribution in [1.82, 2.24) is 4.31 Å². The molecular weight excluding hydrogens is 378 g/mol. The molecule has 0 radical (unpaired) electrons. The second-order valence-electron chi connectivity index (χ2n) is 3.84. The zero-order valence-corrected chi connectivity index (χ0v) is 15.1. The van der Waals surface area contributed by atoms with Gasteiger partial charge in [-0.2, -0.15) is 16.1 Å². The SMILES string of the molecule is CSCCC(C)N(C)S(=O)(=O)c1cc(Cl)c(Br)s1. The summed E-state index contributed by atoms with van der Waals surface area (Å²) in [5.41, 5.74) is 0. The number of thioether (sulfide) groups is 1. The van der Waals surface area contributed by atoms with Crippen LogP contribution in [0.15, 0.2) is 14.1 Å². The molecule has 0 amide bonds. The number of hydrogen-bond donors (Lipinski definition) is 0. The van der Waals surface area contributed by atoms with E-state index in [1.807, 2.05) is 13.2 Å². The van der Waals surface area contributed by atoms with Crippen molar-refractivity contribution < 1.29 is 8.42 Å². The van der Waals surface area contributed by atoms with E-state index in [0.717, 1.165) is 23.5 Å². The van der Waals surface area contributed by atoms with Crippen LogP contribution >= 0.6 is 50.6 Å². The molecule has 0 saturated carbocycles. The van der Waals surface area contributed by atoms with Crippen molar-refractivity contribution in [2.24, 2.45) is 0 Å². The molecule has 0 aliphatic carbocycles. The number of hydrogen-bond acceptors (Lipinski definition) is 4. The first-order valence-electron chi connectivity index (χ1n) is 5.22. The van der Waals surface area contributed by atoms with Crippen LogP contribution in [0, 0.1) is 0 Å². The van der Waals surface area contributed by atoms with E-state index in [1.165, 1.54) is 10.4 Å². The smallest absolute Gasteiger partial charge is 0.206 e. The molecule has 0 aliphatic rings. The minimum Gasteiger partial charge on any atom is -0.206 e. The predicted octanol–water partition coefficient (Wildman–Crippen LogP) is 3.93. The quantitative estimate of drug-likeness (QED) is 0.736. The molecule has 3 nitrogen and oxygen atoms in total. The van der Waals surface area contributed by atoms with E-state index < -0.39 is 10.0 Å². The van der Waals surface area contributed by atoms with Gasteiger partial charge in [-0.05, 0) is 47.3 Å². The predicted molar refractivity (Wildman–Crippen MR) is 84.4 cm³/mol. The average molecular weight is 393 g/mol. The highest BCUT2D eigenvalue weighted by Crippen LogP contribution is 2.36. The molecule has 104 valence electrons. The van der Waals surface area contributed by atoms with Gasteiger partial charge in [0.1, 0.15) is 4.21 Å². The maximum absolute atomic E-state index is 12.4. The van der Waals surface area contributed by atoms with Crippen LogP contribution < -0.4 is 0 Å². The average Bonchev–Trinajstić information content (AvgIpc) is 2.66. The molecule has 1 rings (SSSR count). The lowest BCUT2D eigenvalue weighted by molar-refractivity contribution is 0.383. The lowest BCUT2D eigenvalue weighted by Gasteiger charge is -2.23. The monoisotopic (exact) mass is 391 g/mol. The highest BCUT2D eigenvalue weighted by atomic mass is 79.9. The Balaban J connectivity index is 2.92. The van der Waals surface area contributed by atoms with Gasteiger partial charge in [-0.25, -0.2) is 8.42 Å². The summed E-state index contributed by atoms with van der Waals surface area (Å²) in [7, 11) is -1.83. The summed E-state index contributed by atoms with van der Waals surface area (Å²) >= 11 is 12.0. The lowest BCUT2D eigenvalue weighted by atomic mass is 10.3. The van der Waals surface area contributed by atoms with E-state index in [4.69, 9.17) is 11.6 Å². The first-order valence-corrected chi connectivity index (χ1v) is 10.0. The third-order valence-electron chi connectivity index (χ3n) is 2.62. The van der Waals surface area contributed by atoms with E-state index in [-0.39, 0.29) is 10.3 Å². The van der Waals surface area contributed by atoms with Crippen LogP contribution in [0.4, 0.5) is 0 Å².